The summed E-state index contributed by atoms with van der Waals surface area (Å²) >= 11 is 21.7. The average Bonchev–Trinajstić information content (AvgIpc) is 1.59. The van der Waals surface area contributed by atoms with E-state index in [0.717, 1.165) is 5.20 Å². The van der Waals surface area contributed by atoms with Crippen LogP contribution in [-0.2, 0) is 0 Å². The Morgan fingerprint density at radius 2 is 1.36 bits per heavy atom. The molecule has 0 aliphatic heterocycles. The first kappa shape index (κ1) is 14.8. The average molecular weight is 270 g/mol. The van der Waals surface area contributed by atoms with Gasteiger partial charge < -0.3 is 0 Å². The van der Waals surface area contributed by atoms with Crippen molar-refractivity contribution in [2.45, 2.75) is 20.0 Å². The van der Waals surface area contributed by atoms with Crippen LogP contribution >= 0.6 is 44.3 Å². The third kappa shape index (κ3) is 34.7. The lowest BCUT2D eigenvalue weighted by Crippen LogP contribution is -2.02. The van der Waals surface area contributed by atoms with Gasteiger partial charge in [-0.25, -0.2) is 0 Å². The molecule has 0 spiro atoms. The second kappa shape index (κ2) is 6.81. The van der Waals surface area contributed by atoms with Crippen LogP contribution in [0.5, 0.6) is 0 Å². The first-order chi connectivity index (χ1) is 4.64. The highest BCUT2D eigenvalue weighted by molar-refractivity contribution is 7.44. The van der Waals surface area contributed by atoms with E-state index >= 15 is 0 Å². The van der Waals surface area contributed by atoms with Gasteiger partial charge in [0.05, 0.1) is 0 Å². The summed E-state index contributed by atoms with van der Waals surface area (Å²) in [6.07, 6.45) is 0. The molecule has 0 heterocycles. The number of hydrogen-bond donors (Lipinski definition) is 0. The van der Waals surface area contributed by atoms with Crippen molar-refractivity contribution >= 4 is 58.4 Å². The van der Waals surface area contributed by atoms with Crippen molar-refractivity contribution in [3.63, 3.8) is 0 Å². The summed E-state index contributed by atoms with van der Waals surface area (Å²) in [7, 11) is -1.49. The normalized spacial score (nSPS) is 10.5. The van der Waals surface area contributed by atoms with Crippen LogP contribution in [-0.4, -0.2) is 14.1 Å². The summed E-state index contributed by atoms with van der Waals surface area (Å²) < 4.78 is 0. The molecule has 0 atom stereocenters. The lowest BCUT2D eigenvalue weighted by molar-refractivity contribution is 1.70. The van der Waals surface area contributed by atoms with E-state index < -0.39 is 14.1 Å². The molecule has 0 aliphatic carbocycles. The van der Waals surface area contributed by atoms with Gasteiger partial charge >= 0.3 is 0 Å². The quantitative estimate of drug-likeness (QED) is 0.499. The fraction of sp³-hybridized carbons (Fsp3) is 0.600. The van der Waals surface area contributed by atoms with Gasteiger partial charge in [-0.15, -0.1) is 50.9 Å². The van der Waals surface area contributed by atoms with Crippen LogP contribution in [0.2, 0.25) is 13.1 Å². The molecule has 0 amide bonds. The molecule has 0 rings (SSSR count). The van der Waals surface area contributed by atoms with Gasteiger partial charge in [0.15, 0.2) is 0 Å². The molecule has 0 aliphatic rings. The fourth-order valence-electron chi connectivity index (χ4n) is 0. The molecule has 11 heavy (non-hydrogen) atoms. The highest BCUT2D eigenvalue weighted by Gasteiger charge is 2.08. The van der Waals surface area contributed by atoms with E-state index in [4.69, 9.17) is 44.3 Å². The van der Waals surface area contributed by atoms with Gasteiger partial charge in [-0.05, 0) is 20.0 Å². The molecular formula is C5H12Cl4Si2. The Morgan fingerprint density at radius 3 is 1.36 bits per heavy atom. The molecule has 0 bridgehead atoms. The third-order valence-corrected chi connectivity index (χ3v) is 3.35. The number of halogens is 4. The summed E-state index contributed by atoms with van der Waals surface area (Å²) in [4.78, 5) is 0. The summed E-state index contributed by atoms with van der Waals surface area (Å²) in [6, 6.07) is 0. The van der Waals surface area contributed by atoms with Gasteiger partial charge in [-0.3, -0.25) is 0 Å². The smallest absolute Gasteiger partial charge is 0.146 e. The van der Waals surface area contributed by atoms with Crippen LogP contribution in [0.3, 0.4) is 0 Å². The van der Waals surface area contributed by atoms with Crippen molar-refractivity contribution in [3.05, 3.63) is 11.8 Å². The SMILES string of the molecule is C=C(C)[SiH](Cl)Cl.C[Si](C)(Cl)Cl. The van der Waals surface area contributed by atoms with Gasteiger partial charge in [-0.1, -0.05) is 5.20 Å². The molecule has 0 saturated heterocycles. The second-order valence-corrected chi connectivity index (χ2v) is 16.3. The van der Waals surface area contributed by atoms with Crippen LogP contribution in [0.25, 0.3) is 0 Å². The fourth-order valence-corrected chi connectivity index (χ4v) is 0. The Morgan fingerprint density at radius 1 is 1.27 bits per heavy atom. The van der Waals surface area contributed by atoms with Crippen molar-refractivity contribution in [2.75, 3.05) is 0 Å². The number of allylic oxidation sites excluding steroid dienone is 1. The molecule has 0 aromatic carbocycles. The molecular weight excluding hydrogens is 258 g/mol. The van der Waals surface area contributed by atoms with E-state index in [1.165, 1.54) is 0 Å². The van der Waals surface area contributed by atoms with Crippen molar-refractivity contribution in [3.8, 4) is 0 Å². The van der Waals surface area contributed by atoms with Crippen molar-refractivity contribution in [1.82, 2.24) is 0 Å². The summed E-state index contributed by atoms with van der Waals surface area (Å²) in [5.74, 6) is 0. The molecule has 0 fully saturated rings. The van der Waals surface area contributed by atoms with Gasteiger partial charge in [-0.2, -0.15) is 0 Å². The van der Waals surface area contributed by atoms with Crippen molar-refractivity contribution in [2.24, 2.45) is 0 Å². The van der Waals surface area contributed by atoms with Crippen LogP contribution in [0.15, 0.2) is 11.8 Å². The van der Waals surface area contributed by atoms with Crippen molar-refractivity contribution in [1.29, 1.82) is 0 Å². The standard InChI is InChI=1S/C3H6Cl2Si.C2H6Cl2Si/c1-3(2)6(4)5;1-5(2,3)4/h6H,1H2,2H3;1-2H3. The molecule has 0 aromatic rings. The van der Waals surface area contributed by atoms with E-state index in [-0.39, 0.29) is 0 Å². The minimum absolute atomic E-state index is 0.929. The van der Waals surface area contributed by atoms with E-state index in [2.05, 4.69) is 6.58 Å². The Balaban J connectivity index is 0. The zero-order chi connectivity index (χ0) is 9.65. The first-order valence-corrected chi connectivity index (χ1v) is 12.0. The van der Waals surface area contributed by atoms with E-state index in [1.807, 2.05) is 20.0 Å². The Hall–Kier alpha value is 1.33. The summed E-state index contributed by atoms with van der Waals surface area (Å²) in [5, 5.41) is 0.929. The van der Waals surface area contributed by atoms with Gasteiger partial charge in [0, 0.05) is 0 Å². The van der Waals surface area contributed by atoms with Crippen molar-refractivity contribution < 1.29 is 0 Å². The summed E-state index contributed by atoms with van der Waals surface area (Å²) in [6.45, 7) is 7.44. The largest absolute Gasteiger partial charge is 0.261 e. The molecule has 6 heteroatoms. The lowest BCUT2D eigenvalue weighted by Gasteiger charge is -1.93. The molecule has 68 valence electrons. The molecule has 0 aromatic heterocycles. The molecule has 0 N–H and O–H groups in total. The third-order valence-electron chi connectivity index (χ3n) is 0.373. The zero-order valence-electron chi connectivity index (χ0n) is 6.80. The molecule has 0 nitrogen and oxygen atoms in total. The minimum Gasteiger partial charge on any atom is -0.146 e. The monoisotopic (exact) mass is 268 g/mol. The van der Waals surface area contributed by atoms with Crippen LogP contribution in [0, 0.1) is 0 Å². The minimum atomic E-state index is -1.67. The van der Waals surface area contributed by atoms with Crippen LogP contribution in [0.4, 0.5) is 0 Å². The second-order valence-electron chi connectivity index (χ2n) is 2.47. The first-order valence-electron chi connectivity index (χ1n) is 2.96. The predicted molar refractivity (Wildman–Crippen MR) is 62.9 cm³/mol. The molecule has 0 saturated carbocycles. The van der Waals surface area contributed by atoms with Crippen LogP contribution in [0.1, 0.15) is 6.92 Å². The maximum absolute atomic E-state index is 5.43. The predicted octanol–water partition coefficient (Wildman–Crippen LogP) is 3.97. The summed E-state index contributed by atoms with van der Waals surface area (Å²) in [5.41, 5.74) is 0. The number of hydrogen-bond acceptors (Lipinski definition) is 0. The molecule has 0 radical (unpaired) electrons. The molecule has 0 unspecified atom stereocenters. The maximum atomic E-state index is 5.43. The Kier molecular flexibility index (Phi) is 9.18. The Bertz CT molecular complexity index is 112. The lowest BCUT2D eigenvalue weighted by atomic mass is 10.8. The van der Waals surface area contributed by atoms with E-state index in [1.54, 1.807) is 0 Å². The van der Waals surface area contributed by atoms with Gasteiger partial charge in [0.25, 0.3) is 7.42 Å². The van der Waals surface area contributed by atoms with E-state index in [9.17, 15) is 0 Å². The Labute approximate surface area is 89.9 Å². The highest BCUT2D eigenvalue weighted by atomic mass is 35.7. The number of rotatable bonds is 1. The topological polar surface area (TPSA) is 0 Å². The zero-order valence-corrected chi connectivity index (χ0v) is 12.0. The van der Waals surface area contributed by atoms with Gasteiger partial charge in [0.2, 0.25) is 6.69 Å². The van der Waals surface area contributed by atoms with Gasteiger partial charge in [0.1, 0.15) is 0 Å². The van der Waals surface area contributed by atoms with Crippen LogP contribution < -0.4 is 0 Å². The maximum Gasteiger partial charge on any atom is 0.261 e. The highest BCUT2D eigenvalue weighted by Crippen LogP contribution is 2.10. The van der Waals surface area contributed by atoms with E-state index in [0.29, 0.717) is 0 Å².